The monoisotopic (exact) mass is 1490 g/mol. The van der Waals surface area contributed by atoms with Gasteiger partial charge in [-0.1, -0.05) is 403 Å². The third kappa shape index (κ3) is 11.2. The lowest BCUT2D eigenvalue weighted by atomic mass is 9.32. The van der Waals surface area contributed by atoms with E-state index in [1.54, 1.807) is 0 Å². The van der Waals surface area contributed by atoms with Crippen molar-refractivity contribution in [1.82, 2.24) is 4.57 Å². The minimum absolute atomic E-state index is 0.258. The molecule has 0 amide bonds. The summed E-state index contributed by atoms with van der Waals surface area (Å²) >= 11 is 0. The van der Waals surface area contributed by atoms with Crippen LogP contribution in [0.2, 0.25) is 0 Å². The van der Waals surface area contributed by atoms with E-state index in [1.807, 2.05) is 0 Å². The highest BCUT2D eigenvalue weighted by Crippen LogP contribution is 2.48. The summed E-state index contributed by atoms with van der Waals surface area (Å²) in [6.45, 7) is 6.86. The highest BCUT2D eigenvalue weighted by molar-refractivity contribution is 7.21. The van der Waals surface area contributed by atoms with Crippen LogP contribution in [0.1, 0.15) is 26.3 Å². The van der Waals surface area contributed by atoms with Gasteiger partial charge in [0.25, 0.3) is 6.71 Å². The highest BCUT2D eigenvalue weighted by Gasteiger charge is 2.50. The Morgan fingerprint density at radius 3 is 0.858 bits per heavy atom. The van der Waals surface area contributed by atoms with Crippen LogP contribution in [0.3, 0.4) is 0 Å². The number of anilines is 6. The molecule has 7 heteroatoms. The predicted molar refractivity (Wildman–Crippen MR) is 490 cm³/mol. The fourth-order valence-corrected chi connectivity index (χ4v) is 33.7. The molecule has 0 N–H and O–H groups in total. The maximum Gasteiger partial charge on any atom is 0.252 e. The summed E-state index contributed by atoms with van der Waals surface area (Å²) in [5.74, 6) is 0. The zero-order valence-electron chi connectivity index (χ0n) is 63.6. The summed E-state index contributed by atoms with van der Waals surface area (Å²) in [6, 6.07) is 170. The molecule has 113 heavy (non-hydrogen) atoms. The van der Waals surface area contributed by atoms with Crippen LogP contribution >= 0.6 is 0 Å². The Morgan fingerprint density at radius 2 is 0.513 bits per heavy atom. The lowest BCUT2D eigenvalue weighted by Gasteiger charge is -2.46. The van der Waals surface area contributed by atoms with Crippen molar-refractivity contribution in [2.24, 2.45) is 0 Å². The van der Waals surface area contributed by atoms with E-state index in [0.29, 0.717) is 0 Å². The molecule has 536 valence electrons. The SMILES string of the molecule is CC(C)(C)c1cc(-c2ccccc2)c2c(c1)N(c1ccc([Si](c3ccccc3)(c3ccccc3)c3ccccc3)cc1)c1cc(-n3c4ccccc4c4ccccc43)cc3c1B2c1cc([Si](c2ccccc2)(c2ccccc2)c2ccccc2)ccc1N3c1ccc([Si](c2ccccc2)(c2ccccc2)c2ccccc2)cc1. The standard InChI is InChI=1S/C106H82BN3Si3/c1-106(2,3)78-72-96(77-38-14-4-15-39-77)104-101(73-78)109(80-64-68-92(69-65-80)112(85-46-22-8-23-47-85,86-48-24-9-25-49-86)87-50-26-10-27-51-87)103-75-81(110-98-60-36-34-58-94(98)95-59-35-37-61-99(95)110)74-102-105(103)107(104)97-76-93(113(88-52-28-11-29-53-88,89-54-30-12-31-55-89)90-56-32-13-33-57-90)70-71-100(97)108(102)79-62-66-91(67-63-79)111(82-40-16-5-17-41-82,83-42-18-6-19-43-83)84-44-20-7-21-45-84/h4-76H,1-3H3. The van der Waals surface area contributed by atoms with E-state index < -0.39 is 24.2 Å². The van der Waals surface area contributed by atoms with Gasteiger partial charge >= 0.3 is 0 Å². The number of para-hydroxylation sites is 2. The van der Waals surface area contributed by atoms with Crippen LogP contribution < -0.4 is 88.4 Å². The molecule has 18 aromatic rings. The zero-order chi connectivity index (χ0) is 75.7. The average Bonchev–Trinajstić information content (AvgIpc) is 1.11. The second-order valence-corrected chi connectivity index (χ2v) is 42.8. The molecule has 17 aromatic carbocycles. The van der Waals surface area contributed by atoms with E-state index in [0.717, 1.165) is 45.2 Å². The van der Waals surface area contributed by atoms with E-state index in [9.17, 15) is 0 Å². The largest absolute Gasteiger partial charge is 0.311 e. The average molecular weight is 1490 g/mol. The molecular weight excluding hydrogens is 1410 g/mol. The molecule has 2 aliphatic rings. The lowest BCUT2D eigenvalue weighted by molar-refractivity contribution is 0.590. The van der Waals surface area contributed by atoms with Crippen molar-refractivity contribution in [1.29, 1.82) is 0 Å². The quantitative estimate of drug-likeness (QED) is 0.0706. The predicted octanol–water partition coefficient (Wildman–Crippen LogP) is 16.0. The number of rotatable bonds is 16. The number of hydrogen-bond donors (Lipinski definition) is 0. The van der Waals surface area contributed by atoms with Crippen LogP contribution in [0.4, 0.5) is 34.1 Å². The number of aromatic nitrogens is 1. The van der Waals surface area contributed by atoms with E-state index >= 15 is 0 Å². The van der Waals surface area contributed by atoms with Gasteiger partial charge in [-0.15, -0.1) is 0 Å². The number of nitrogens with zero attached hydrogens (tertiary/aromatic N) is 3. The van der Waals surface area contributed by atoms with Gasteiger partial charge < -0.3 is 14.4 Å². The number of hydrogen-bond acceptors (Lipinski definition) is 2. The van der Waals surface area contributed by atoms with Crippen molar-refractivity contribution in [2.45, 2.75) is 26.2 Å². The number of benzene rings is 17. The van der Waals surface area contributed by atoms with E-state index in [1.165, 1.54) is 112 Å². The van der Waals surface area contributed by atoms with Crippen molar-refractivity contribution in [3.63, 3.8) is 0 Å². The van der Waals surface area contributed by atoms with Crippen LogP contribution in [-0.4, -0.2) is 35.5 Å². The summed E-state index contributed by atoms with van der Waals surface area (Å²) in [5, 5.41) is 18.4. The summed E-state index contributed by atoms with van der Waals surface area (Å²) in [4.78, 5) is 5.36. The Balaban J connectivity index is 0.935. The Bertz CT molecular complexity index is 6150. The molecule has 20 rings (SSSR count). The molecule has 3 nitrogen and oxygen atoms in total. The van der Waals surface area contributed by atoms with Gasteiger partial charge in [0.05, 0.1) is 16.7 Å². The third-order valence-corrected chi connectivity index (χ3v) is 38.7. The molecular formula is C106H82BN3Si3. The van der Waals surface area contributed by atoms with Crippen LogP contribution in [0.25, 0.3) is 38.6 Å². The maximum atomic E-state index is 2.70. The maximum absolute atomic E-state index is 3.20. The molecule has 0 bridgehead atoms. The minimum Gasteiger partial charge on any atom is -0.311 e. The fourth-order valence-electron chi connectivity index (χ4n) is 19.4. The first-order chi connectivity index (χ1) is 55.7. The molecule has 0 saturated heterocycles. The number of fused-ring (bicyclic) bond motifs is 7. The van der Waals surface area contributed by atoms with Crippen molar-refractivity contribution in [3.8, 4) is 16.8 Å². The van der Waals surface area contributed by atoms with Gasteiger partial charge in [-0.25, -0.2) is 0 Å². The van der Waals surface area contributed by atoms with Gasteiger partial charge in [0.15, 0.2) is 24.2 Å². The van der Waals surface area contributed by atoms with Gasteiger partial charge in [-0.2, -0.15) is 0 Å². The fraction of sp³-hybridized carbons (Fsp3) is 0.0377. The van der Waals surface area contributed by atoms with E-state index in [2.05, 4.69) is 478 Å². The van der Waals surface area contributed by atoms with Gasteiger partial charge in [0.1, 0.15) is 0 Å². The molecule has 3 heterocycles. The zero-order valence-corrected chi connectivity index (χ0v) is 66.6. The molecule has 1 aromatic heterocycles. The van der Waals surface area contributed by atoms with Gasteiger partial charge in [-0.3, -0.25) is 0 Å². The van der Waals surface area contributed by atoms with Crippen LogP contribution in [0.5, 0.6) is 0 Å². The summed E-state index contributed by atoms with van der Waals surface area (Å²) < 4.78 is 2.55. The third-order valence-electron chi connectivity index (χ3n) is 24.4. The second kappa shape index (κ2) is 28.3. The summed E-state index contributed by atoms with van der Waals surface area (Å²) in [5.41, 5.74) is 17.3. The van der Waals surface area contributed by atoms with Gasteiger partial charge in [0, 0.05) is 44.9 Å². The first kappa shape index (κ1) is 69.1. The molecule has 2 aliphatic heterocycles. The van der Waals surface area contributed by atoms with Crippen LogP contribution in [-0.2, 0) is 5.41 Å². The Labute approximate surface area is 666 Å². The Morgan fingerprint density at radius 1 is 0.230 bits per heavy atom. The topological polar surface area (TPSA) is 11.4 Å². The normalized spacial score (nSPS) is 12.7. The molecule has 0 atom stereocenters. The Kier molecular flexibility index (Phi) is 17.3. The molecule has 0 fully saturated rings. The highest BCUT2D eigenvalue weighted by atomic mass is 28.3. The Hall–Kier alpha value is -13.1. The second-order valence-electron chi connectivity index (χ2n) is 31.4. The van der Waals surface area contributed by atoms with Crippen LogP contribution in [0.15, 0.2) is 443 Å². The van der Waals surface area contributed by atoms with E-state index in [-0.39, 0.29) is 12.1 Å². The molecule has 0 saturated carbocycles. The molecule has 0 aliphatic carbocycles. The van der Waals surface area contributed by atoms with Crippen molar-refractivity contribution < 1.29 is 0 Å². The van der Waals surface area contributed by atoms with Gasteiger partial charge in [-0.05, 0) is 161 Å². The van der Waals surface area contributed by atoms with E-state index in [4.69, 9.17) is 0 Å². The van der Waals surface area contributed by atoms with Crippen molar-refractivity contribution in [3.05, 3.63) is 448 Å². The summed E-state index contributed by atoms with van der Waals surface area (Å²) in [6.07, 6.45) is 0. The molecule has 0 radical (unpaired) electrons. The first-order valence-electron chi connectivity index (χ1n) is 39.6. The molecule has 0 spiro atoms. The smallest absolute Gasteiger partial charge is 0.252 e. The van der Waals surface area contributed by atoms with Gasteiger partial charge in [0.2, 0.25) is 0 Å². The van der Waals surface area contributed by atoms with Crippen molar-refractivity contribution >= 4 is 165 Å². The minimum atomic E-state index is -3.20. The summed E-state index contributed by atoms with van der Waals surface area (Å²) in [7, 11) is -9.19. The first-order valence-corrected chi connectivity index (χ1v) is 45.6. The van der Waals surface area contributed by atoms with Crippen molar-refractivity contribution in [2.75, 3.05) is 9.80 Å². The molecule has 0 unspecified atom stereocenters. The lowest BCUT2D eigenvalue weighted by Crippen LogP contribution is -2.75. The van der Waals surface area contributed by atoms with Crippen LogP contribution in [0, 0.1) is 0 Å².